The number of nitrogens with two attached hydrogens (primary N) is 1. The maximum absolute atomic E-state index is 12.6. The van der Waals surface area contributed by atoms with Crippen LogP contribution < -0.4 is 34.7 Å². The maximum Gasteiger partial charge on any atom is 0.248 e. The first-order valence-electron chi connectivity index (χ1n) is 11.0. The van der Waals surface area contributed by atoms with Crippen molar-refractivity contribution < 1.29 is 28.5 Å². The van der Waals surface area contributed by atoms with Crippen molar-refractivity contribution >= 4 is 35.5 Å². The molecular formula is C28H30N2O6. The molecule has 0 aliphatic rings. The van der Waals surface area contributed by atoms with Gasteiger partial charge in [-0.05, 0) is 59.2 Å². The first-order valence-corrected chi connectivity index (χ1v) is 11.0. The number of hydrogen-bond acceptors (Lipinski definition) is 7. The van der Waals surface area contributed by atoms with E-state index in [4.69, 9.17) is 29.4 Å². The van der Waals surface area contributed by atoms with Gasteiger partial charge >= 0.3 is 0 Å². The second-order valence-corrected chi connectivity index (χ2v) is 7.59. The number of carbonyl (C=O) groups is 1. The first kappa shape index (κ1) is 26.0. The van der Waals surface area contributed by atoms with Crippen molar-refractivity contribution in [2.24, 2.45) is 0 Å². The molecule has 0 aromatic heterocycles. The van der Waals surface area contributed by atoms with Gasteiger partial charge in [-0.15, -0.1) is 0 Å². The lowest BCUT2D eigenvalue weighted by atomic mass is 10.1. The number of hydrogen-bond donors (Lipinski definition) is 2. The molecule has 3 aromatic carbocycles. The molecule has 0 fully saturated rings. The summed E-state index contributed by atoms with van der Waals surface area (Å²) in [5, 5.41) is 2.86. The van der Waals surface area contributed by atoms with E-state index in [0.717, 1.165) is 16.7 Å². The fourth-order valence-corrected chi connectivity index (χ4v) is 3.52. The van der Waals surface area contributed by atoms with Crippen LogP contribution in [0.25, 0.3) is 18.2 Å². The van der Waals surface area contributed by atoms with Gasteiger partial charge in [-0.1, -0.05) is 24.3 Å². The molecule has 0 spiro atoms. The fraction of sp³-hybridized carbons (Fsp3) is 0.179. The third kappa shape index (κ3) is 6.29. The largest absolute Gasteiger partial charge is 0.493 e. The standard InChI is InChI=1S/C28H30N2O6/c1-32-23-15-19(6-7-20-16-24(33-2)28(36-5)25(17-20)34-3)14-22(27(23)35-4)30-26(31)13-10-18-8-11-21(29)12-9-18/h6-17H,29H2,1-5H3,(H,30,31). The Hall–Kier alpha value is -4.59. The minimum atomic E-state index is -0.321. The molecule has 0 radical (unpaired) electrons. The molecule has 188 valence electrons. The number of ether oxygens (including phenoxy) is 5. The molecular weight excluding hydrogens is 460 g/mol. The van der Waals surface area contributed by atoms with E-state index in [-0.39, 0.29) is 5.91 Å². The van der Waals surface area contributed by atoms with E-state index in [2.05, 4.69) is 5.32 Å². The molecule has 0 aliphatic heterocycles. The van der Waals surface area contributed by atoms with Crippen LogP contribution in [0.2, 0.25) is 0 Å². The molecule has 0 unspecified atom stereocenters. The molecule has 0 atom stereocenters. The molecule has 0 aliphatic carbocycles. The SMILES string of the molecule is COc1cc(C=Cc2cc(OC)c(OC)c(OC)c2)cc(NC(=O)C=Cc2ccc(N)cc2)c1OC. The summed E-state index contributed by atoms with van der Waals surface area (Å²) in [4.78, 5) is 12.6. The molecule has 0 saturated carbocycles. The number of nitrogens with one attached hydrogen (secondary N) is 1. The van der Waals surface area contributed by atoms with E-state index in [0.29, 0.717) is 40.1 Å². The summed E-state index contributed by atoms with van der Waals surface area (Å²) in [7, 11) is 7.74. The van der Waals surface area contributed by atoms with Crippen molar-refractivity contribution in [2.45, 2.75) is 0 Å². The molecule has 3 N–H and O–H groups in total. The Labute approximate surface area is 210 Å². The van der Waals surface area contributed by atoms with Gasteiger partial charge < -0.3 is 34.7 Å². The number of benzene rings is 3. The zero-order chi connectivity index (χ0) is 26.1. The molecule has 3 rings (SSSR count). The predicted octanol–water partition coefficient (Wildman–Crippen LogP) is 5.13. The Balaban J connectivity index is 1.90. The van der Waals surface area contributed by atoms with E-state index in [1.54, 1.807) is 45.6 Å². The lowest BCUT2D eigenvalue weighted by Gasteiger charge is -2.14. The van der Waals surface area contributed by atoms with Gasteiger partial charge in [0.1, 0.15) is 0 Å². The fourth-order valence-electron chi connectivity index (χ4n) is 3.52. The highest BCUT2D eigenvalue weighted by molar-refractivity contribution is 6.03. The van der Waals surface area contributed by atoms with Crippen LogP contribution in [0.3, 0.4) is 0 Å². The Morgan fingerprint density at radius 2 is 1.17 bits per heavy atom. The van der Waals surface area contributed by atoms with E-state index in [9.17, 15) is 4.79 Å². The lowest BCUT2D eigenvalue weighted by molar-refractivity contribution is -0.111. The van der Waals surface area contributed by atoms with Crippen LogP contribution in [-0.4, -0.2) is 41.5 Å². The maximum atomic E-state index is 12.6. The topological polar surface area (TPSA) is 101 Å². The summed E-state index contributed by atoms with van der Waals surface area (Å²) in [6.07, 6.45) is 6.91. The summed E-state index contributed by atoms with van der Waals surface area (Å²) in [6, 6.07) is 14.5. The van der Waals surface area contributed by atoms with Crippen LogP contribution in [0, 0.1) is 0 Å². The van der Waals surface area contributed by atoms with Crippen molar-refractivity contribution in [1.29, 1.82) is 0 Å². The minimum Gasteiger partial charge on any atom is -0.493 e. The number of amides is 1. The average molecular weight is 491 g/mol. The number of rotatable bonds is 10. The van der Waals surface area contributed by atoms with E-state index >= 15 is 0 Å². The van der Waals surface area contributed by atoms with Gasteiger partial charge in [-0.2, -0.15) is 0 Å². The number of carbonyl (C=O) groups excluding carboxylic acids is 1. The minimum absolute atomic E-state index is 0.321. The van der Waals surface area contributed by atoms with Crippen LogP contribution in [0.4, 0.5) is 11.4 Å². The van der Waals surface area contributed by atoms with E-state index in [1.807, 2.05) is 42.5 Å². The zero-order valence-corrected chi connectivity index (χ0v) is 21.0. The van der Waals surface area contributed by atoms with Gasteiger partial charge in [-0.25, -0.2) is 0 Å². The van der Waals surface area contributed by atoms with Crippen molar-refractivity contribution in [1.82, 2.24) is 0 Å². The number of anilines is 2. The highest BCUT2D eigenvalue weighted by atomic mass is 16.5. The van der Waals surface area contributed by atoms with E-state index in [1.165, 1.54) is 20.3 Å². The summed E-state index contributed by atoms with van der Waals surface area (Å²) < 4.78 is 27.2. The van der Waals surface area contributed by atoms with Crippen molar-refractivity contribution in [2.75, 3.05) is 46.6 Å². The smallest absolute Gasteiger partial charge is 0.248 e. The molecule has 0 saturated heterocycles. The third-order valence-electron chi connectivity index (χ3n) is 5.28. The molecule has 0 bridgehead atoms. The van der Waals surface area contributed by atoms with Crippen LogP contribution in [-0.2, 0) is 4.79 Å². The molecule has 8 nitrogen and oxygen atoms in total. The second-order valence-electron chi connectivity index (χ2n) is 7.59. The van der Waals surface area contributed by atoms with Crippen molar-refractivity contribution in [3.8, 4) is 28.7 Å². The average Bonchev–Trinajstić information content (AvgIpc) is 2.90. The van der Waals surface area contributed by atoms with Gasteiger partial charge in [0.15, 0.2) is 23.0 Å². The van der Waals surface area contributed by atoms with Gasteiger partial charge in [0.25, 0.3) is 0 Å². The van der Waals surface area contributed by atoms with Gasteiger partial charge in [0.2, 0.25) is 11.7 Å². The van der Waals surface area contributed by atoms with Gasteiger partial charge in [-0.3, -0.25) is 4.79 Å². The Kier molecular flexibility index (Phi) is 8.83. The third-order valence-corrected chi connectivity index (χ3v) is 5.28. The normalized spacial score (nSPS) is 10.9. The van der Waals surface area contributed by atoms with Crippen LogP contribution >= 0.6 is 0 Å². The summed E-state index contributed by atoms with van der Waals surface area (Å²) in [5.74, 6) is 2.17. The van der Waals surface area contributed by atoms with Gasteiger partial charge in [0, 0.05) is 11.8 Å². The number of methoxy groups -OCH3 is 5. The molecule has 8 heteroatoms. The van der Waals surface area contributed by atoms with Crippen molar-refractivity contribution in [3.05, 3.63) is 71.3 Å². The monoisotopic (exact) mass is 490 g/mol. The predicted molar refractivity (Wildman–Crippen MR) is 143 cm³/mol. The highest BCUT2D eigenvalue weighted by Crippen LogP contribution is 2.40. The second kappa shape index (κ2) is 12.2. The van der Waals surface area contributed by atoms with E-state index < -0.39 is 0 Å². The van der Waals surface area contributed by atoms with Crippen LogP contribution in [0.15, 0.2) is 54.6 Å². The lowest BCUT2D eigenvalue weighted by Crippen LogP contribution is -2.09. The van der Waals surface area contributed by atoms with Gasteiger partial charge in [0.05, 0.1) is 41.2 Å². The summed E-state index contributed by atoms with van der Waals surface area (Å²) in [6.45, 7) is 0. The highest BCUT2D eigenvalue weighted by Gasteiger charge is 2.14. The molecule has 3 aromatic rings. The Morgan fingerprint density at radius 1 is 0.667 bits per heavy atom. The first-order chi connectivity index (χ1) is 17.4. The van der Waals surface area contributed by atoms with Crippen molar-refractivity contribution in [3.63, 3.8) is 0 Å². The summed E-state index contributed by atoms with van der Waals surface area (Å²) in [5.41, 5.74) is 9.29. The molecule has 0 heterocycles. The summed E-state index contributed by atoms with van der Waals surface area (Å²) >= 11 is 0. The molecule has 1 amide bonds. The Bertz CT molecular complexity index is 1240. The number of nitrogen functional groups attached to an aromatic ring is 1. The zero-order valence-electron chi connectivity index (χ0n) is 21.0. The quantitative estimate of drug-likeness (QED) is 0.231. The Morgan fingerprint density at radius 3 is 1.67 bits per heavy atom. The molecule has 36 heavy (non-hydrogen) atoms. The van der Waals surface area contributed by atoms with Crippen LogP contribution in [0.1, 0.15) is 16.7 Å². The van der Waals surface area contributed by atoms with Crippen LogP contribution in [0.5, 0.6) is 28.7 Å².